The molecule has 0 aliphatic rings. The first-order chi connectivity index (χ1) is 9.02. The number of hydrogen-bond acceptors (Lipinski definition) is 5. The highest BCUT2D eigenvalue weighted by Gasteiger charge is 2.04. The van der Waals surface area contributed by atoms with Gasteiger partial charge in [0.2, 0.25) is 0 Å². The van der Waals surface area contributed by atoms with Crippen molar-refractivity contribution in [1.29, 1.82) is 0 Å². The summed E-state index contributed by atoms with van der Waals surface area (Å²) in [6.45, 7) is -0.347. The summed E-state index contributed by atoms with van der Waals surface area (Å²) in [4.78, 5) is 32.0. The fourth-order valence-electron chi connectivity index (χ4n) is 1.13. The maximum absolute atomic E-state index is 11.2. The molecule has 7 heteroatoms. The van der Waals surface area contributed by atoms with Gasteiger partial charge in [-0.1, -0.05) is 0 Å². The number of nitrogens with zero attached hydrogens (tertiary/aromatic N) is 1. The van der Waals surface area contributed by atoms with Gasteiger partial charge < -0.3 is 10.1 Å². The number of carbonyl (C=O) groups excluding carboxylic acids is 2. The van der Waals surface area contributed by atoms with Gasteiger partial charge >= 0.3 is 5.97 Å². The fourth-order valence-corrected chi connectivity index (χ4v) is 1.13. The van der Waals surface area contributed by atoms with Crippen LogP contribution in [-0.2, 0) is 14.3 Å². The largest absolute Gasteiger partial charge is 0.452 e. The van der Waals surface area contributed by atoms with E-state index in [0.717, 1.165) is 6.08 Å². The molecule has 1 aromatic carbocycles. The topological polar surface area (TPSA) is 98.5 Å². The van der Waals surface area contributed by atoms with Crippen LogP contribution in [0.2, 0.25) is 0 Å². The van der Waals surface area contributed by atoms with Gasteiger partial charge in [0.15, 0.2) is 6.61 Å². The Labute approximate surface area is 109 Å². The normalized spacial score (nSPS) is 10.2. The van der Waals surface area contributed by atoms with E-state index in [0.29, 0.717) is 5.56 Å². The molecule has 19 heavy (non-hydrogen) atoms. The summed E-state index contributed by atoms with van der Waals surface area (Å²) in [5, 5.41) is 12.7. The predicted octanol–water partition coefficient (Wildman–Crippen LogP) is 0.897. The monoisotopic (exact) mass is 264 g/mol. The summed E-state index contributed by atoms with van der Waals surface area (Å²) < 4.78 is 4.63. The van der Waals surface area contributed by atoms with Gasteiger partial charge in [-0.15, -0.1) is 0 Å². The number of nitrogens with one attached hydrogen (secondary N) is 1. The maximum Gasteiger partial charge on any atom is 0.331 e. The summed E-state index contributed by atoms with van der Waals surface area (Å²) >= 11 is 0. The standard InChI is InChI=1S/C12H12N2O5/c1-13-11(15)8-19-12(16)7-4-9-2-5-10(6-3-9)14(17)18/h2-7H,8H2,1H3,(H,13,15)/b7-4+. The Balaban J connectivity index is 2.54. The van der Waals surface area contributed by atoms with Crippen molar-refractivity contribution >= 4 is 23.6 Å². The summed E-state index contributed by atoms with van der Waals surface area (Å²) in [5.41, 5.74) is 0.585. The van der Waals surface area contributed by atoms with Gasteiger partial charge in [0.25, 0.3) is 11.6 Å². The number of amides is 1. The van der Waals surface area contributed by atoms with Gasteiger partial charge in [0, 0.05) is 25.3 Å². The second kappa shape index (κ2) is 6.90. The number of carbonyl (C=O) groups is 2. The Kier molecular flexibility index (Phi) is 5.21. The Bertz CT molecular complexity index is 507. The van der Waals surface area contributed by atoms with Crippen LogP contribution in [0.5, 0.6) is 0 Å². The van der Waals surface area contributed by atoms with Crippen LogP contribution in [-0.4, -0.2) is 30.5 Å². The van der Waals surface area contributed by atoms with Crippen molar-refractivity contribution in [3.05, 3.63) is 46.0 Å². The summed E-state index contributed by atoms with van der Waals surface area (Å²) in [7, 11) is 1.43. The Morgan fingerprint density at radius 3 is 2.53 bits per heavy atom. The number of ether oxygens (including phenoxy) is 1. The molecule has 1 aromatic rings. The Morgan fingerprint density at radius 1 is 1.37 bits per heavy atom. The third kappa shape index (κ3) is 4.99. The minimum atomic E-state index is -0.665. The van der Waals surface area contributed by atoms with Crippen LogP contribution in [0.15, 0.2) is 30.3 Å². The summed E-state index contributed by atoms with van der Waals surface area (Å²) in [5.74, 6) is -1.07. The Morgan fingerprint density at radius 2 is 2.00 bits per heavy atom. The molecule has 0 unspecified atom stereocenters. The zero-order valence-electron chi connectivity index (χ0n) is 10.2. The molecule has 7 nitrogen and oxygen atoms in total. The highest BCUT2D eigenvalue weighted by atomic mass is 16.6. The minimum absolute atomic E-state index is 0.0284. The SMILES string of the molecule is CNC(=O)COC(=O)/C=C/c1ccc([N+](=O)[O-])cc1. The van der Waals surface area contributed by atoms with E-state index in [4.69, 9.17) is 0 Å². The first kappa shape index (κ1) is 14.4. The average Bonchev–Trinajstić information content (AvgIpc) is 2.42. The second-order valence-electron chi connectivity index (χ2n) is 3.46. The molecule has 1 amide bonds. The highest BCUT2D eigenvalue weighted by Crippen LogP contribution is 2.12. The predicted molar refractivity (Wildman–Crippen MR) is 67.2 cm³/mol. The van der Waals surface area contributed by atoms with Crippen LogP contribution in [0.1, 0.15) is 5.56 Å². The number of nitro groups is 1. The van der Waals surface area contributed by atoms with Gasteiger partial charge in [-0.05, 0) is 23.8 Å². The second-order valence-corrected chi connectivity index (χ2v) is 3.46. The number of hydrogen-bond donors (Lipinski definition) is 1. The quantitative estimate of drug-likeness (QED) is 0.368. The zero-order chi connectivity index (χ0) is 14.3. The number of esters is 1. The van der Waals surface area contributed by atoms with Gasteiger partial charge in [-0.25, -0.2) is 4.79 Å². The highest BCUT2D eigenvalue weighted by molar-refractivity contribution is 5.89. The van der Waals surface area contributed by atoms with Crippen molar-refractivity contribution in [2.45, 2.75) is 0 Å². The third-order valence-corrected chi connectivity index (χ3v) is 2.14. The smallest absolute Gasteiger partial charge is 0.331 e. The van der Waals surface area contributed by atoms with Crippen LogP contribution in [0, 0.1) is 10.1 Å². The van der Waals surface area contributed by atoms with E-state index in [1.165, 1.54) is 37.4 Å². The van der Waals surface area contributed by atoms with E-state index in [9.17, 15) is 19.7 Å². The molecule has 1 rings (SSSR count). The molecule has 0 spiro atoms. The van der Waals surface area contributed by atoms with E-state index in [-0.39, 0.29) is 12.3 Å². The molecule has 100 valence electrons. The van der Waals surface area contributed by atoms with Crippen molar-refractivity contribution in [1.82, 2.24) is 5.32 Å². The minimum Gasteiger partial charge on any atom is -0.452 e. The van der Waals surface area contributed by atoms with Crippen molar-refractivity contribution in [3.8, 4) is 0 Å². The number of likely N-dealkylation sites (N-methyl/N-ethyl adjacent to an activating group) is 1. The molecule has 0 fully saturated rings. The molecular formula is C12H12N2O5. The van der Waals surface area contributed by atoms with Gasteiger partial charge in [-0.2, -0.15) is 0 Å². The molecule has 0 aliphatic carbocycles. The van der Waals surface area contributed by atoms with Crippen molar-refractivity contribution in [3.63, 3.8) is 0 Å². The van der Waals surface area contributed by atoms with Crippen LogP contribution < -0.4 is 5.32 Å². The first-order valence-corrected chi connectivity index (χ1v) is 5.33. The molecule has 0 aromatic heterocycles. The summed E-state index contributed by atoms with van der Waals surface area (Å²) in [6, 6.07) is 5.66. The van der Waals surface area contributed by atoms with Gasteiger partial charge in [0.1, 0.15) is 0 Å². The molecule has 0 aliphatic heterocycles. The lowest BCUT2D eigenvalue weighted by Crippen LogP contribution is -2.24. The maximum atomic E-state index is 11.2. The molecule has 0 saturated heterocycles. The van der Waals surface area contributed by atoms with Gasteiger partial charge in [0.05, 0.1) is 4.92 Å². The third-order valence-electron chi connectivity index (χ3n) is 2.14. The van der Waals surface area contributed by atoms with Gasteiger partial charge in [-0.3, -0.25) is 14.9 Å². The molecule has 0 bridgehead atoms. The lowest BCUT2D eigenvalue weighted by molar-refractivity contribution is -0.384. The van der Waals surface area contributed by atoms with E-state index >= 15 is 0 Å². The molecular weight excluding hydrogens is 252 g/mol. The fraction of sp³-hybridized carbons (Fsp3) is 0.167. The summed E-state index contributed by atoms with van der Waals surface area (Å²) in [6.07, 6.45) is 2.58. The van der Waals surface area contributed by atoms with E-state index in [2.05, 4.69) is 10.1 Å². The first-order valence-electron chi connectivity index (χ1n) is 5.33. The van der Waals surface area contributed by atoms with Crippen molar-refractivity contribution in [2.75, 3.05) is 13.7 Å². The van der Waals surface area contributed by atoms with E-state index in [1.54, 1.807) is 0 Å². The number of benzene rings is 1. The molecule has 0 atom stereocenters. The van der Waals surface area contributed by atoms with Crippen LogP contribution in [0.3, 0.4) is 0 Å². The lowest BCUT2D eigenvalue weighted by atomic mass is 10.2. The Hall–Kier alpha value is -2.70. The molecule has 0 heterocycles. The molecule has 1 N–H and O–H groups in total. The van der Waals surface area contributed by atoms with E-state index < -0.39 is 16.8 Å². The van der Waals surface area contributed by atoms with Crippen molar-refractivity contribution in [2.24, 2.45) is 0 Å². The van der Waals surface area contributed by atoms with Crippen LogP contribution >= 0.6 is 0 Å². The van der Waals surface area contributed by atoms with Crippen LogP contribution in [0.25, 0.3) is 6.08 Å². The lowest BCUT2D eigenvalue weighted by Gasteiger charge is -1.99. The number of nitro benzene ring substituents is 1. The zero-order valence-corrected chi connectivity index (χ0v) is 10.2. The molecule has 0 radical (unpaired) electrons. The average molecular weight is 264 g/mol. The number of non-ortho nitro benzene ring substituents is 1. The van der Waals surface area contributed by atoms with E-state index in [1.807, 2.05) is 0 Å². The van der Waals surface area contributed by atoms with Crippen molar-refractivity contribution < 1.29 is 19.2 Å². The van der Waals surface area contributed by atoms with Crippen LogP contribution in [0.4, 0.5) is 5.69 Å². The molecule has 0 saturated carbocycles. The number of rotatable bonds is 5.